The summed E-state index contributed by atoms with van der Waals surface area (Å²) in [7, 11) is 0. The summed E-state index contributed by atoms with van der Waals surface area (Å²) < 4.78 is 13.8. The second-order valence-corrected chi connectivity index (χ2v) is 5.37. The predicted octanol–water partition coefficient (Wildman–Crippen LogP) is 2.73. The maximum atomic E-state index is 13.8. The van der Waals surface area contributed by atoms with E-state index in [4.69, 9.17) is 17.3 Å². The lowest BCUT2D eigenvalue weighted by atomic mass is 9.98. The van der Waals surface area contributed by atoms with Crippen LogP contribution in [0.3, 0.4) is 0 Å². The van der Waals surface area contributed by atoms with Crippen LogP contribution in [0.25, 0.3) is 0 Å². The van der Waals surface area contributed by atoms with Crippen molar-refractivity contribution in [3.63, 3.8) is 0 Å². The molecular formula is C14H18ClFN2O. The molecule has 3 nitrogen and oxygen atoms in total. The molecule has 1 atom stereocenters. The first kappa shape index (κ1) is 14.3. The summed E-state index contributed by atoms with van der Waals surface area (Å²) in [6, 6.07) is 4.32. The maximum Gasteiger partial charge on any atom is 0.254 e. The van der Waals surface area contributed by atoms with Gasteiger partial charge in [0.2, 0.25) is 0 Å². The molecule has 1 aromatic carbocycles. The first-order valence-corrected chi connectivity index (χ1v) is 6.96. The fourth-order valence-corrected chi connectivity index (χ4v) is 2.83. The average molecular weight is 285 g/mol. The van der Waals surface area contributed by atoms with Gasteiger partial charge < -0.3 is 11.1 Å². The van der Waals surface area contributed by atoms with Gasteiger partial charge >= 0.3 is 0 Å². The molecule has 0 radical (unpaired) electrons. The van der Waals surface area contributed by atoms with Gasteiger partial charge in [-0.15, -0.1) is 0 Å². The molecule has 0 saturated heterocycles. The van der Waals surface area contributed by atoms with Crippen molar-refractivity contribution in [1.29, 1.82) is 0 Å². The van der Waals surface area contributed by atoms with Crippen molar-refractivity contribution in [1.82, 2.24) is 5.32 Å². The Labute approximate surface area is 117 Å². The molecule has 1 saturated carbocycles. The largest absolute Gasteiger partial charge is 0.348 e. The maximum absolute atomic E-state index is 13.8. The van der Waals surface area contributed by atoms with Gasteiger partial charge in [0.1, 0.15) is 0 Å². The second-order valence-electron chi connectivity index (χ2n) is 4.96. The van der Waals surface area contributed by atoms with Gasteiger partial charge in [-0.25, -0.2) is 4.39 Å². The van der Waals surface area contributed by atoms with Crippen molar-refractivity contribution in [2.75, 3.05) is 6.54 Å². The first-order valence-electron chi connectivity index (χ1n) is 6.58. The van der Waals surface area contributed by atoms with Crippen LogP contribution in [0.2, 0.25) is 5.02 Å². The van der Waals surface area contributed by atoms with Crippen LogP contribution < -0.4 is 11.1 Å². The Kier molecular flexibility index (Phi) is 4.77. The highest BCUT2D eigenvalue weighted by Gasteiger charge is 2.26. The van der Waals surface area contributed by atoms with E-state index in [1.165, 1.54) is 25.0 Å². The lowest BCUT2D eigenvalue weighted by Gasteiger charge is -2.23. The Balaban J connectivity index is 2.08. The van der Waals surface area contributed by atoms with Crippen molar-refractivity contribution >= 4 is 17.5 Å². The lowest BCUT2D eigenvalue weighted by Crippen LogP contribution is -2.44. The van der Waals surface area contributed by atoms with Crippen LogP contribution in [-0.4, -0.2) is 18.5 Å². The highest BCUT2D eigenvalue weighted by Crippen LogP contribution is 2.27. The van der Waals surface area contributed by atoms with Crippen molar-refractivity contribution in [2.24, 2.45) is 11.7 Å². The van der Waals surface area contributed by atoms with Gasteiger partial charge in [-0.3, -0.25) is 4.79 Å². The molecule has 104 valence electrons. The predicted molar refractivity (Wildman–Crippen MR) is 73.7 cm³/mol. The van der Waals surface area contributed by atoms with Gasteiger partial charge in [-0.2, -0.15) is 0 Å². The molecule has 1 aliphatic rings. The van der Waals surface area contributed by atoms with E-state index < -0.39 is 11.7 Å². The molecule has 0 spiro atoms. The summed E-state index contributed by atoms with van der Waals surface area (Å²) >= 11 is 5.68. The first-order chi connectivity index (χ1) is 9.13. The summed E-state index contributed by atoms with van der Waals surface area (Å²) in [6.07, 6.45) is 4.48. The van der Waals surface area contributed by atoms with E-state index in [2.05, 4.69) is 5.32 Å². The van der Waals surface area contributed by atoms with Gasteiger partial charge in [0, 0.05) is 12.6 Å². The molecule has 2 rings (SSSR count). The molecule has 0 heterocycles. The molecule has 3 N–H and O–H groups in total. The molecule has 1 unspecified atom stereocenters. The zero-order valence-corrected chi connectivity index (χ0v) is 11.4. The van der Waals surface area contributed by atoms with Crippen LogP contribution in [0, 0.1) is 11.7 Å². The van der Waals surface area contributed by atoms with Crippen LogP contribution in [-0.2, 0) is 0 Å². The zero-order chi connectivity index (χ0) is 13.8. The molecule has 1 amide bonds. The normalized spacial score (nSPS) is 17.4. The molecular weight excluding hydrogens is 267 g/mol. The summed E-state index contributed by atoms with van der Waals surface area (Å²) in [5.74, 6) is -0.720. The van der Waals surface area contributed by atoms with E-state index in [-0.39, 0.29) is 16.6 Å². The number of rotatable bonds is 4. The van der Waals surface area contributed by atoms with E-state index in [9.17, 15) is 9.18 Å². The molecule has 0 aromatic heterocycles. The van der Waals surface area contributed by atoms with Crippen LogP contribution in [0.4, 0.5) is 4.39 Å². The van der Waals surface area contributed by atoms with E-state index in [0.29, 0.717) is 12.5 Å². The van der Waals surface area contributed by atoms with Gasteiger partial charge in [0.15, 0.2) is 5.82 Å². The number of halogens is 2. The molecule has 19 heavy (non-hydrogen) atoms. The van der Waals surface area contributed by atoms with Crippen LogP contribution in [0.5, 0.6) is 0 Å². The van der Waals surface area contributed by atoms with Crippen molar-refractivity contribution in [2.45, 2.75) is 31.7 Å². The fraction of sp³-hybridized carbons (Fsp3) is 0.500. The smallest absolute Gasteiger partial charge is 0.254 e. The SMILES string of the molecule is NCC(NC(=O)c1cccc(Cl)c1F)C1CCCC1. The monoisotopic (exact) mass is 284 g/mol. The Morgan fingerprint density at radius 1 is 1.47 bits per heavy atom. The van der Waals surface area contributed by atoms with Crippen molar-refractivity contribution in [3.8, 4) is 0 Å². The quantitative estimate of drug-likeness (QED) is 0.893. The van der Waals surface area contributed by atoms with Gasteiger partial charge in [0.05, 0.1) is 10.6 Å². The molecule has 1 aromatic rings. The highest BCUT2D eigenvalue weighted by molar-refractivity contribution is 6.31. The van der Waals surface area contributed by atoms with Gasteiger partial charge in [-0.05, 0) is 30.9 Å². The summed E-state index contributed by atoms with van der Waals surface area (Å²) in [6.45, 7) is 0.374. The number of hydrogen-bond acceptors (Lipinski definition) is 2. The number of amides is 1. The average Bonchev–Trinajstić information content (AvgIpc) is 2.92. The van der Waals surface area contributed by atoms with Crippen LogP contribution in [0.15, 0.2) is 18.2 Å². The number of benzene rings is 1. The summed E-state index contributed by atoms with van der Waals surface area (Å²) in [5, 5.41) is 2.79. The minimum atomic E-state index is -0.677. The minimum absolute atomic E-state index is 0.0241. The third-order valence-electron chi connectivity index (χ3n) is 3.74. The Morgan fingerprint density at radius 3 is 2.79 bits per heavy atom. The third kappa shape index (κ3) is 3.25. The molecule has 0 bridgehead atoms. The van der Waals surface area contributed by atoms with Crippen molar-refractivity contribution in [3.05, 3.63) is 34.6 Å². The van der Waals surface area contributed by atoms with E-state index in [0.717, 1.165) is 12.8 Å². The Bertz CT molecular complexity index is 461. The van der Waals surface area contributed by atoms with Crippen molar-refractivity contribution < 1.29 is 9.18 Å². The topological polar surface area (TPSA) is 55.1 Å². The van der Waals surface area contributed by atoms with Gasteiger partial charge in [-0.1, -0.05) is 30.5 Å². The standard InChI is InChI=1S/C14H18ClFN2O/c15-11-7-3-6-10(13(11)16)14(19)18-12(8-17)9-4-1-2-5-9/h3,6-7,9,12H,1-2,4-5,8,17H2,(H,18,19). The van der Waals surface area contributed by atoms with Crippen LogP contribution in [0.1, 0.15) is 36.0 Å². The minimum Gasteiger partial charge on any atom is -0.348 e. The number of nitrogens with one attached hydrogen (secondary N) is 1. The lowest BCUT2D eigenvalue weighted by molar-refractivity contribution is 0.0920. The van der Waals surface area contributed by atoms with E-state index in [1.54, 1.807) is 6.07 Å². The number of carbonyl (C=O) groups excluding carboxylic acids is 1. The molecule has 1 fully saturated rings. The van der Waals surface area contributed by atoms with Crippen LogP contribution >= 0.6 is 11.6 Å². The Morgan fingerprint density at radius 2 is 2.16 bits per heavy atom. The fourth-order valence-electron chi connectivity index (χ4n) is 2.65. The molecule has 0 aliphatic heterocycles. The third-order valence-corrected chi connectivity index (χ3v) is 4.03. The number of carbonyl (C=O) groups is 1. The van der Waals surface area contributed by atoms with E-state index in [1.807, 2.05) is 0 Å². The number of nitrogens with two attached hydrogens (primary N) is 1. The van der Waals surface area contributed by atoms with Gasteiger partial charge in [0.25, 0.3) is 5.91 Å². The molecule has 1 aliphatic carbocycles. The summed E-state index contributed by atoms with van der Waals surface area (Å²) in [4.78, 5) is 12.1. The number of hydrogen-bond donors (Lipinski definition) is 2. The second kappa shape index (κ2) is 6.35. The molecule has 5 heteroatoms. The highest BCUT2D eigenvalue weighted by atomic mass is 35.5. The summed E-state index contributed by atoms with van der Waals surface area (Å²) in [5.41, 5.74) is 5.69. The zero-order valence-electron chi connectivity index (χ0n) is 10.7. The Hall–Kier alpha value is -1.13. The van der Waals surface area contributed by atoms with E-state index >= 15 is 0 Å².